The van der Waals surface area contributed by atoms with E-state index in [1.807, 2.05) is 30.3 Å². The van der Waals surface area contributed by atoms with E-state index in [9.17, 15) is 14.0 Å². The first-order valence-corrected chi connectivity index (χ1v) is 6.94. The number of hydrogen-bond acceptors (Lipinski definition) is 2. The Hall–Kier alpha value is -2.69. The van der Waals surface area contributed by atoms with E-state index < -0.39 is 17.6 Å². The molecule has 0 fully saturated rings. The third-order valence-electron chi connectivity index (χ3n) is 3.24. The SMILES string of the molecule is NC(=O)CCN(Cc1ccccc1)C(=O)c1ccccc1F. The van der Waals surface area contributed by atoms with Crippen LogP contribution in [0.15, 0.2) is 54.6 Å². The molecule has 0 atom stereocenters. The van der Waals surface area contributed by atoms with Crippen LogP contribution in [0.5, 0.6) is 0 Å². The molecule has 5 heteroatoms. The minimum atomic E-state index is -0.579. The molecule has 2 N–H and O–H groups in total. The Balaban J connectivity index is 2.21. The average molecular weight is 300 g/mol. The number of benzene rings is 2. The van der Waals surface area contributed by atoms with Crippen molar-refractivity contribution in [2.45, 2.75) is 13.0 Å². The predicted octanol–water partition coefficient (Wildman–Crippen LogP) is 2.34. The van der Waals surface area contributed by atoms with Crippen molar-refractivity contribution in [2.24, 2.45) is 5.73 Å². The van der Waals surface area contributed by atoms with Crippen molar-refractivity contribution in [3.63, 3.8) is 0 Å². The standard InChI is InChI=1S/C17H17FN2O2/c18-15-9-5-4-8-14(15)17(22)20(11-10-16(19)21)12-13-6-2-1-3-7-13/h1-9H,10-12H2,(H2,19,21). The van der Waals surface area contributed by atoms with Gasteiger partial charge in [0.15, 0.2) is 0 Å². The van der Waals surface area contributed by atoms with Gasteiger partial charge >= 0.3 is 0 Å². The molecule has 4 nitrogen and oxygen atoms in total. The van der Waals surface area contributed by atoms with Crippen LogP contribution in [-0.4, -0.2) is 23.3 Å². The molecule has 0 saturated carbocycles. The topological polar surface area (TPSA) is 63.4 Å². The summed E-state index contributed by atoms with van der Waals surface area (Å²) >= 11 is 0. The predicted molar refractivity (Wildman–Crippen MR) is 81.4 cm³/mol. The second-order valence-electron chi connectivity index (χ2n) is 4.91. The molecule has 0 aromatic heterocycles. The van der Waals surface area contributed by atoms with Crippen molar-refractivity contribution in [3.8, 4) is 0 Å². The Labute approximate surface area is 128 Å². The van der Waals surface area contributed by atoms with Crippen molar-refractivity contribution < 1.29 is 14.0 Å². The molecule has 2 aromatic rings. The van der Waals surface area contributed by atoms with Crippen molar-refractivity contribution in [1.29, 1.82) is 0 Å². The highest BCUT2D eigenvalue weighted by molar-refractivity contribution is 5.94. The van der Waals surface area contributed by atoms with Gasteiger partial charge in [-0.05, 0) is 17.7 Å². The lowest BCUT2D eigenvalue weighted by atomic mass is 10.1. The van der Waals surface area contributed by atoms with Crippen LogP contribution in [0.25, 0.3) is 0 Å². The largest absolute Gasteiger partial charge is 0.370 e. The second-order valence-corrected chi connectivity index (χ2v) is 4.91. The van der Waals surface area contributed by atoms with E-state index >= 15 is 0 Å². The van der Waals surface area contributed by atoms with Gasteiger partial charge in [0.05, 0.1) is 5.56 Å². The van der Waals surface area contributed by atoms with E-state index in [4.69, 9.17) is 5.73 Å². The number of carbonyl (C=O) groups excluding carboxylic acids is 2. The van der Waals surface area contributed by atoms with Gasteiger partial charge in [0.1, 0.15) is 5.82 Å². The summed E-state index contributed by atoms with van der Waals surface area (Å²) in [6.07, 6.45) is 0.0347. The number of primary amides is 1. The minimum Gasteiger partial charge on any atom is -0.370 e. The molecule has 0 aliphatic rings. The summed E-state index contributed by atoms with van der Waals surface area (Å²) in [4.78, 5) is 24.9. The van der Waals surface area contributed by atoms with Gasteiger partial charge in [-0.1, -0.05) is 42.5 Å². The monoisotopic (exact) mass is 300 g/mol. The second kappa shape index (κ2) is 7.36. The summed E-state index contributed by atoms with van der Waals surface area (Å²) in [6, 6.07) is 15.1. The number of amides is 2. The first-order chi connectivity index (χ1) is 10.6. The Morgan fingerprint density at radius 1 is 1.00 bits per heavy atom. The number of carbonyl (C=O) groups is 2. The zero-order valence-corrected chi connectivity index (χ0v) is 12.0. The molecule has 2 amide bonds. The van der Waals surface area contributed by atoms with Crippen molar-refractivity contribution in [2.75, 3.05) is 6.54 Å². The lowest BCUT2D eigenvalue weighted by Gasteiger charge is -2.22. The maximum atomic E-state index is 13.8. The fraction of sp³-hybridized carbons (Fsp3) is 0.176. The number of nitrogens with zero attached hydrogens (tertiary/aromatic N) is 1. The fourth-order valence-electron chi connectivity index (χ4n) is 2.11. The Kier molecular flexibility index (Phi) is 5.25. The van der Waals surface area contributed by atoms with E-state index in [1.54, 1.807) is 6.07 Å². The van der Waals surface area contributed by atoms with Gasteiger partial charge in [-0.3, -0.25) is 9.59 Å². The zero-order valence-electron chi connectivity index (χ0n) is 12.0. The third-order valence-corrected chi connectivity index (χ3v) is 3.24. The summed E-state index contributed by atoms with van der Waals surface area (Å²) in [5.41, 5.74) is 6.04. The van der Waals surface area contributed by atoms with E-state index in [1.165, 1.54) is 23.1 Å². The normalized spacial score (nSPS) is 10.2. The Morgan fingerprint density at radius 2 is 1.64 bits per heavy atom. The molecule has 22 heavy (non-hydrogen) atoms. The van der Waals surface area contributed by atoms with Crippen LogP contribution in [0.2, 0.25) is 0 Å². The molecule has 0 radical (unpaired) electrons. The number of hydrogen-bond donors (Lipinski definition) is 1. The van der Waals surface area contributed by atoms with Crippen LogP contribution >= 0.6 is 0 Å². The third kappa shape index (κ3) is 4.15. The number of nitrogens with two attached hydrogens (primary N) is 1. The molecular weight excluding hydrogens is 283 g/mol. The molecule has 0 saturated heterocycles. The first-order valence-electron chi connectivity index (χ1n) is 6.94. The summed E-state index contributed by atoms with van der Waals surface area (Å²) in [5.74, 6) is -1.53. The maximum absolute atomic E-state index is 13.8. The van der Waals surface area contributed by atoms with Crippen LogP contribution in [0.3, 0.4) is 0 Å². The van der Waals surface area contributed by atoms with Gasteiger partial charge in [0.25, 0.3) is 5.91 Å². The van der Waals surface area contributed by atoms with Crippen molar-refractivity contribution in [3.05, 3.63) is 71.5 Å². The Morgan fingerprint density at radius 3 is 2.27 bits per heavy atom. The first kappa shape index (κ1) is 15.7. The van der Waals surface area contributed by atoms with Crippen LogP contribution < -0.4 is 5.73 Å². The van der Waals surface area contributed by atoms with Gasteiger partial charge in [-0.25, -0.2) is 4.39 Å². The molecule has 2 rings (SSSR count). The van der Waals surface area contributed by atoms with E-state index in [-0.39, 0.29) is 18.5 Å². The molecule has 0 heterocycles. The summed E-state index contributed by atoms with van der Waals surface area (Å²) in [5, 5.41) is 0. The average Bonchev–Trinajstić information content (AvgIpc) is 2.52. The van der Waals surface area contributed by atoms with E-state index in [0.717, 1.165) is 5.56 Å². The molecule has 0 spiro atoms. The Bertz CT molecular complexity index is 659. The van der Waals surface area contributed by atoms with Gasteiger partial charge in [-0.2, -0.15) is 0 Å². The summed E-state index contributed by atoms with van der Waals surface area (Å²) < 4.78 is 13.8. The van der Waals surface area contributed by atoms with Crippen molar-refractivity contribution in [1.82, 2.24) is 4.90 Å². The number of halogens is 1. The molecule has 114 valence electrons. The highest BCUT2D eigenvalue weighted by atomic mass is 19.1. The van der Waals surface area contributed by atoms with Gasteiger partial charge in [0, 0.05) is 19.5 Å². The maximum Gasteiger partial charge on any atom is 0.257 e. The quantitative estimate of drug-likeness (QED) is 0.890. The van der Waals surface area contributed by atoms with E-state index in [2.05, 4.69) is 0 Å². The van der Waals surface area contributed by atoms with Gasteiger partial charge in [0.2, 0.25) is 5.91 Å². The van der Waals surface area contributed by atoms with Crippen LogP contribution in [-0.2, 0) is 11.3 Å². The van der Waals surface area contributed by atoms with Crippen LogP contribution in [0.4, 0.5) is 4.39 Å². The zero-order chi connectivity index (χ0) is 15.9. The molecule has 0 aliphatic heterocycles. The minimum absolute atomic E-state index is 0.0112. The highest BCUT2D eigenvalue weighted by Gasteiger charge is 2.19. The fourth-order valence-corrected chi connectivity index (χ4v) is 2.11. The van der Waals surface area contributed by atoms with Crippen molar-refractivity contribution >= 4 is 11.8 Å². The summed E-state index contributed by atoms with van der Waals surface area (Å²) in [7, 11) is 0. The molecule has 0 aliphatic carbocycles. The molecule has 2 aromatic carbocycles. The number of rotatable bonds is 6. The molecule has 0 unspecified atom stereocenters. The van der Waals surface area contributed by atoms with Gasteiger partial charge < -0.3 is 10.6 Å². The molecule has 0 bridgehead atoms. The van der Waals surface area contributed by atoms with E-state index in [0.29, 0.717) is 6.54 Å². The van der Waals surface area contributed by atoms with Crippen LogP contribution in [0, 0.1) is 5.82 Å². The molecular formula is C17H17FN2O2. The lowest BCUT2D eigenvalue weighted by molar-refractivity contribution is -0.118. The lowest BCUT2D eigenvalue weighted by Crippen LogP contribution is -2.34. The smallest absolute Gasteiger partial charge is 0.257 e. The summed E-state index contributed by atoms with van der Waals surface area (Å²) in [6.45, 7) is 0.443. The van der Waals surface area contributed by atoms with Crippen LogP contribution in [0.1, 0.15) is 22.3 Å². The highest BCUT2D eigenvalue weighted by Crippen LogP contribution is 2.13. The van der Waals surface area contributed by atoms with Gasteiger partial charge in [-0.15, -0.1) is 0 Å².